The molecule has 86 valence electrons. The first-order valence-electron chi connectivity index (χ1n) is 5.37. The number of ether oxygens (including phenoxy) is 1. The van der Waals surface area contributed by atoms with Gasteiger partial charge in [-0.15, -0.1) is 21.5 Å². The average molecular weight is 229 g/mol. The Hall–Kier alpha value is -0.520. The highest BCUT2D eigenvalue weighted by Crippen LogP contribution is 2.11. The van der Waals surface area contributed by atoms with Crippen molar-refractivity contribution in [3.05, 3.63) is 10.0 Å². The van der Waals surface area contributed by atoms with Gasteiger partial charge in [-0.25, -0.2) is 0 Å². The summed E-state index contributed by atoms with van der Waals surface area (Å²) in [6.45, 7) is 4.83. The van der Waals surface area contributed by atoms with E-state index in [1.54, 1.807) is 18.4 Å². The Balaban J connectivity index is 2.04. The van der Waals surface area contributed by atoms with Crippen LogP contribution in [0.3, 0.4) is 0 Å². The molecular formula is C10H19N3OS. The molecule has 0 amide bonds. The topological polar surface area (TPSA) is 47.0 Å². The smallest absolute Gasteiger partial charge is 0.117 e. The average Bonchev–Trinajstić information content (AvgIpc) is 2.71. The third-order valence-electron chi connectivity index (χ3n) is 2.04. The Morgan fingerprint density at radius 2 is 2.07 bits per heavy atom. The van der Waals surface area contributed by atoms with Gasteiger partial charge in [0, 0.05) is 20.1 Å². The lowest BCUT2D eigenvalue weighted by Crippen LogP contribution is -2.20. The molecule has 1 rings (SSSR count). The van der Waals surface area contributed by atoms with Crippen molar-refractivity contribution in [2.45, 2.75) is 26.2 Å². The Bertz CT molecular complexity index is 265. The van der Waals surface area contributed by atoms with Gasteiger partial charge in [-0.05, 0) is 19.4 Å². The van der Waals surface area contributed by atoms with E-state index in [1.165, 1.54) is 0 Å². The summed E-state index contributed by atoms with van der Waals surface area (Å²) in [5.74, 6) is 0. The zero-order chi connectivity index (χ0) is 10.9. The van der Waals surface area contributed by atoms with Gasteiger partial charge in [0.1, 0.15) is 10.0 Å². The molecule has 1 aromatic heterocycles. The third kappa shape index (κ3) is 5.20. The predicted octanol–water partition coefficient (Wildman–Crippen LogP) is 1.27. The van der Waals surface area contributed by atoms with Crippen molar-refractivity contribution >= 4 is 11.3 Å². The molecule has 0 saturated heterocycles. The Labute approximate surface area is 95.1 Å². The lowest BCUT2D eigenvalue weighted by Gasteiger charge is -2.01. The van der Waals surface area contributed by atoms with Crippen LogP contribution in [0.15, 0.2) is 0 Å². The molecule has 0 fully saturated rings. The molecule has 1 N–H and O–H groups in total. The number of nitrogens with one attached hydrogen (secondary N) is 1. The summed E-state index contributed by atoms with van der Waals surface area (Å²) in [4.78, 5) is 0. The summed E-state index contributed by atoms with van der Waals surface area (Å²) in [6, 6.07) is 0. The van der Waals surface area contributed by atoms with Gasteiger partial charge >= 0.3 is 0 Å². The van der Waals surface area contributed by atoms with Crippen LogP contribution in [0, 0.1) is 0 Å². The molecular weight excluding hydrogens is 210 g/mol. The molecule has 0 radical (unpaired) electrons. The van der Waals surface area contributed by atoms with Crippen LogP contribution in [0.1, 0.15) is 23.4 Å². The van der Waals surface area contributed by atoms with E-state index in [2.05, 4.69) is 22.4 Å². The van der Waals surface area contributed by atoms with Crippen LogP contribution in [-0.4, -0.2) is 37.0 Å². The van der Waals surface area contributed by atoms with Gasteiger partial charge in [0.15, 0.2) is 0 Å². The van der Waals surface area contributed by atoms with Crippen molar-refractivity contribution in [1.82, 2.24) is 15.5 Å². The summed E-state index contributed by atoms with van der Waals surface area (Å²) < 4.78 is 4.94. The van der Waals surface area contributed by atoms with Crippen LogP contribution < -0.4 is 5.32 Å². The van der Waals surface area contributed by atoms with E-state index in [4.69, 9.17) is 4.74 Å². The van der Waals surface area contributed by atoms with Crippen molar-refractivity contribution in [3.8, 4) is 0 Å². The highest BCUT2D eigenvalue weighted by atomic mass is 32.1. The van der Waals surface area contributed by atoms with Gasteiger partial charge in [0.25, 0.3) is 0 Å². The zero-order valence-corrected chi connectivity index (χ0v) is 10.3. The fourth-order valence-electron chi connectivity index (χ4n) is 1.20. The minimum atomic E-state index is 0.777. The monoisotopic (exact) mass is 229 g/mol. The van der Waals surface area contributed by atoms with Gasteiger partial charge < -0.3 is 10.1 Å². The number of nitrogens with zero attached hydrogens (tertiary/aromatic N) is 2. The second-order valence-corrected chi connectivity index (χ2v) is 4.44. The van der Waals surface area contributed by atoms with Crippen LogP contribution in [-0.2, 0) is 17.6 Å². The molecule has 1 heterocycles. The molecule has 0 aliphatic heterocycles. The molecule has 0 bridgehead atoms. The first kappa shape index (κ1) is 12.5. The zero-order valence-electron chi connectivity index (χ0n) is 9.45. The van der Waals surface area contributed by atoms with Crippen molar-refractivity contribution < 1.29 is 4.74 Å². The number of aromatic nitrogens is 2. The van der Waals surface area contributed by atoms with E-state index < -0.39 is 0 Å². The van der Waals surface area contributed by atoms with Gasteiger partial charge in [-0.3, -0.25) is 0 Å². The molecule has 0 aromatic carbocycles. The third-order valence-corrected chi connectivity index (χ3v) is 3.17. The first-order chi connectivity index (χ1) is 7.36. The van der Waals surface area contributed by atoms with Gasteiger partial charge in [-0.2, -0.15) is 0 Å². The first-order valence-corrected chi connectivity index (χ1v) is 6.19. The minimum Gasteiger partial charge on any atom is -0.383 e. The van der Waals surface area contributed by atoms with Crippen molar-refractivity contribution in [2.75, 3.05) is 26.8 Å². The van der Waals surface area contributed by atoms with Crippen LogP contribution in [0.25, 0.3) is 0 Å². The fraction of sp³-hybridized carbons (Fsp3) is 0.800. The van der Waals surface area contributed by atoms with Crippen LogP contribution in [0.5, 0.6) is 0 Å². The van der Waals surface area contributed by atoms with E-state index in [-0.39, 0.29) is 0 Å². The highest BCUT2D eigenvalue weighted by molar-refractivity contribution is 7.11. The summed E-state index contributed by atoms with van der Waals surface area (Å²) >= 11 is 1.73. The maximum Gasteiger partial charge on any atom is 0.117 e. The Morgan fingerprint density at radius 3 is 2.73 bits per heavy atom. The highest BCUT2D eigenvalue weighted by Gasteiger charge is 2.01. The molecule has 0 saturated carbocycles. The maximum absolute atomic E-state index is 4.94. The molecule has 15 heavy (non-hydrogen) atoms. The minimum absolute atomic E-state index is 0.777. The number of rotatable bonds is 8. The summed E-state index contributed by atoms with van der Waals surface area (Å²) in [7, 11) is 1.72. The number of aryl methyl sites for hydroxylation is 2. The van der Waals surface area contributed by atoms with E-state index in [1.807, 2.05) is 0 Å². The van der Waals surface area contributed by atoms with E-state index in [9.17, 15) is 0 Å². The molecule has 4 nitrogen and oxygen atoms in total. The Kier molecular flexibility index (Phi) is 6.47. The Morgan fingerprint density at radius 1 is 1.27 bits per heavy atom. The van der Waals surface area contributed by atoms with Gasteiger partial charge in [0.05, 0.1) is 6.61 Å². The molecule has 0 unspecified atom stereocenters. The largest absolute Gasteiger partial charge is 0.383 e. The molecule has 1 aromatic rings. The SMILES string of the molecule is CCc1nnc(CCCNCCOC)s1. The molecule has 0 spiro atoms. The molecule has 0 aliphatic rings. The van der Waals surface area contributed by atoms with Gasteiger partial charge in [0.2, 0.25) is 0 Å². The molecule has 0 atom stereocenters. The molecule has 5 heteroatoms. The number of methoxy groups -OCH3 is 1. The van der Waals surface area contributed by atoms with Crippen molar-refractivity contribution in [3.63, 3.8) is 0 Å². The summed E-state index contributed by atoms with van der Waals surface area (Å²) in [5.41, 5.74) is 0. The lowest BCUT2D eigenvalue weighted by atomic mass is 10.3. The van der Waals surface area contributed by atoms with Gasteiger partial charge in [-0.1, -0.05) is 6.92 Å². The predicted molar refractivity (Wildman–Crippen MR) is 62.4 cm³/mol. The lowest BCUT2D eigenvalue weighted by molar-refractivity contribution is 0.199. The molecule has 0 aliphatic carbocycles. The second-order valence-electron chi connectivity index (χ2n) is 3.29. The van der Waals surface area contributed by atoms with E-state index >= 15 is 0 Å². The number of hydrogen-bond acceptors (Lipinski definition) is 5. The summed E-state index contributed by atoms with van der Waals surface area (Å²) in [6.07, 6.45) is 3.13. The van der Waals surface area contributed by atoms with Crippen LogP contribution >= 0.6 is 11.3 Å². The van der Waals surface area contributed by atoms with Crippen molar-refractivity contribution in [2.24, 2.45) is 0 Å². The van der Waals surface area contributed by atoms with Crippen LogP contribution in [0.2, 0.25) is 0 Å². The summed E-state index contributed by atoms with van der Waals surface area (Å²) in [5, 5.41) is 13.8. The normalized spacial score (nSPS) is 10.8. The number of hydrogen-bond donors (Lipinski definition) is 1. The van der Waals surface area contributed by atoms with Crippen LogP contribution in [0.4, 0.5) is 0 Å². The van der Waals surface area contributed by atoms with E-state index in [0.29, 0.717) is 0 Å². The standard InChI is InChI=1S/C10H19N3OS/c1-3-9-12-13-10(15-9)5-4-6-11-7-8-14-2/h11H,3-8H2,1-2H3. The quantitative estimate of drug-likeness (QED) is 0.682. The fourth-order valence-corrected chi connectivity index (χ4v) is 2.02. The second kappa shape index (κ2) is 7.73. The maximum atomic E-state index is 4.94. The van der Waals surface area contributed by atoms with Crippen molar-refractivity contribution in [1.29, 1.82) is 0 Å². The van der Waals surface area contributed by atoms with E-state index in [0.717, 1.165) is 49.0 Å².